The van der Waals surface area contributed by atoms with Crippen LogP contribution in [-0.4, -0.2) is 0 Å². The molecule has 0 unspecified atom stereocenters. The SMILES string of the molecule is c1ccc(Nc2ccc(-c3ccc4c(c3)oc3ccccc34)cc2)cc1. The van der Waals surface area contributed by atoms with E-state index in [0.717, 1.165) is 38.9 Å². The smallest absolute Gasteiger partial charge is 0.136 e. The number of furan rings is 1. The first-order valence-electron chi connectivity index (χ1n) is 8.71. The van der Waals surface area contributed by atoms with Gasteiger partial charge in [0.25, 0.3) is 0 Å². The predicted octanol–water partition coefficient (Wildman–Crippen LogP) is 7.00. The molecule has 5 rings (SSSR count). The van der Waals surface area contributed by atoms with Gasteiger partial charge in [0, 0.05) is 22.1 Å². The van der Waals surface area contributed by atoms with E-state index in [1.54, 1.807) is 0 Å². The zero-order valence-corrected chi connectivity index (χ0v) is 14.1. The van der Waals surface area contributed by atoms with Gasteiger partial charge in [0.2, 0.25) is 0 Å². The number of hydrogen-bond acceptors (Lipinski definition) is 2. The molecule has 0 radical (unpaired) electrons. The average Bonchev–Trinajstić information content (AvgIpc) is 3.07. The van der Waals surface area contributed by atoms with Gasteiger partial charge in [-0.25, -0.2) is 0 Å². The van der Waals surface area contributed by atoms with E-state index < -0.39 is 0 Å². The number of fused-ring (bicyclic) bond motifs is 3. The van der Waals surface area contributed by atoms with Gasteiger partial charge in [-0.1, -0.05) is 54.6 Å². The quantitative estimate of drug-likeness (QED) is 0.384. The Labute approximate surface area is 151 Å². The van der Waals surface area contributed by atoms with Crippen LogP contribution in [0.5, 0.6) is 0 Å². The zero-order chi connectivity index (χ0) is 17.3. The highest BCUT2D eigenvalue weighted by Crippen LogP contribution is 2.32. The van der Waals surface area contributed by atoms with Gasteiger partial charge >= 0.3 is 0 Å². The van der Waals surface area contributed by atoms with Crippen molar-refractivity contribution in [3.8, 4) is 11.1 Å². The molecule has 1 N–H and O–H groups in total. The first-order valence-corrected chi connectivity index (χ1v) is 8.71. The molecule has 0 bridgehead atoms. The zero-order valence-electron chi connectivity index (χ0n) is 14.1. The third-order valence-corrected chi connectivity index (χ3v) is 4.66. The molecule has 1 heterocycles. The van der Waals surface area contributed by atoms with E-state index in [1.807, 2.05) is 36.4 Å². The third-order valence-electron chi connectivity index (χ3n) is 4.66. The molecule has 0 aliphatic carbocycles. The summed E-state index contributed by atoms with van der Waals surface area (Å²) in [6.45, 7) is 0. The van der Waals surface area contributed by atoms with E-state index in [9.17, 15) is 0 Å². The van der Waals surface area contributed by atoms with Crippen LogP contribution in [0.25, 0.3) is 33.1 Å². The van der Waals surface area contributed by atoms with Gasteiger partial charge in [-0.3, -0.25) is 0 Å². The normalized spacial score (nSPS) is 11.1. The summed E-state index contributed by atoms with van der Waals surface area (Å²) in [6.07, 6.45) is 0. The summed E-state index contributed by atoms with van der Waals surface area (Å²) < 4.78 is 6.00. The van der Waals surface area contributed by atoms with Crippen molar-refractivity contribution in [1.29, 1.82) is 0 Å². The molecule has 0 aliphatic heterocycles. The van der Waals surface area contributed by atoms with E-state index in [4.69, 9.17) is 4.42 Å². The minimum Gasteiger partial charge on any atom is -0.456 e. The van der Waals surface area contributed by atoms with Gasteiger partial charge < -0.3 is 9.73 Å². The Bertz CT molecular complexity index is 1190. The van der Waals surface area contributed by atoms with Crippen molar-refractivity contribution >= 4 is 33.3 Å². The van der Waals surface area contributed by atoms with Crippen LogP contribution in [0.3, 0.4) is 0 Å². The lowest BCUT2D eigenvalue weighted by Gasteiger charge is -2.07. The Morgan fingerprint density at radius 1 is 0.500 bits per heavy atom. The molecule has 1 aromatic heterocycles. The van der Waals surface area contributed by atoms with Gasteiger partial charge in [0.15, 0.2) is 0 Å². The van der Waals surface area contributed by atoms with Gasteiger partial charge in [-0.15, -0.1) is 0 Å². The highest BCUT2D eigenvalue weighted by molar-refractivity contribution is 6.05. The molecule has 0 fully saturated rings. The Morgan fingerprint density at radius 3 is 2.00 bits per heavy atom. The van der Waals surface area contributed by atoms with E-state index >= 15 is 0 Å². The van der Waals surface area contributed by atoms with Crippen LogP contribution >= 0.6 is 0 Å². The van der Waals surface area contributed by atoms with Crippen molar-refractivity contribution in [2.45, 2.75) is 0 Å². The molecule has 5 aromatic rings. The van der Waals surface area contributed by atoms with Crippen LogP contribution in [0, 0.1) is 0 Å². The van der Waals surface area contributed by atoms with Crippen molar-refractivity contribution in [1.82, 2.24) is 0 Å². The summed E-state index contributed by atoms with van der Waals surface area (Å²) in [5.74, 6) is 0. The summed E-state index contributed by atoms with van der Waals surface area (Å²) in [5.41, 5.74) is 6.35. The number of benzene rings is 4. The number of anilines is 2. The van der Waals surface area contributed by atoms with Crippen LogP contribution < -0.4 is 5.32 Å². The standard InChI is InChI=1S/C24H17NO/c1-2-6-19(7-3-1)25-20-13-10-17(11-14-20)18-12-15-22-21-8-4-5-9-23(21)26-24(22)16-18/h1-16,25H. The maximum Gasteiger partial charge on any atom is 0.136 e. The van der Waals surface area contributed by atoms with Gasteiger partial charge in [0.1, 0.15) is 11.2 Å². The van der Waals surface area contributed by atoms with Gasteiger partial charge in [-0.05, 0) is 53.6 Å². The van der Waals surface area contributed by atoms with Gasteiger partial charge in [0.05, 0.1) is 0 Å². The van der Waals surface area contributed by atoms with Crippen molar-refractivity contribution in [2.75, 3.05) is 5.32 Å². The third kappa shape index (κ3) is 2.62. The number of nitrogens with one attached hydrogen (secondary N) is 1. The molecule has 26 heavy (non-hydrogen) atoms. The van der Waals surface area contributed by atoms with Crippen molar-refractivity contribution in [3.05, 3.63) is 97.1 Å². The molecule has 2 heteroatoms. The monoisotopic (exact) mass is 335 g/mol. The predicted molar refractivity (Wildman–Crippen MR) is 109 cm³/mol. The summed E-state index contributed by atoms with van der Waals surface area (Å²) in [6, 6.07) is 33.2. The number of rotatable bonds is 3. The molecule has 2 nitrogen and oxygen atoms in total. The van der Waals surface area contributed by atoms with Crippen LogP contribution in [0.15, 0.2) is 101 Å². The molecule has 0 aliphatic rings. The molecule has 0 atom stereocenters. The molecule has 0 saturated carbocycles. The maximum atomic E-state index is 6.00. The molecule has 0 amide bonds. The fourth-order valence-corrected chi connectivity index (χ4v) is 3.34. The molecular formula is C24H17NO. The molecule has 0 spiro atoms. The first kappa shape index (κ1) is 14.8. The van der Waals surface area contributed by atoms with E-state index in [0.29, 0.717) is 0 Å². The summed E-state index contributed by atoms with van der Waals surface area (Å²) in [5, 5.41) is 5.73. The lowest BCUT2D eigenvalue weighted by atomic mass is 10.0. The van der Waals surface area contributed by atoms with Crippen LogP contribution in [-0.2, 0) is 0 Å². The summed E-state index contributed by atoms with van der Waals surface area (Å²) in [7, 11) is 0. The van der Waals surface area contributed by atoms with Crippen LogP contribution in [0.2, 0.25) is 0 Å². The fraction of sp³-hybridized carbons (Fsp3) is 0. The molecule has 124 valence electrons. The minimum absolute atomic E-state index is 0.926. The fourth-order valence-electron chi connectivity index (χ4n) is 3.34. The Balaban J connectivity index is 1.48. The largest absolute Gasteiger partial charge is 0.456 e. The second-order valence-electron chi connectivity index (χ2n) is 6.38. The molecule has 0 saturated heterocycles. The lowest BCUT2D eigenvalue weighted by Crippen LogP contribution is -1.89. The van der Waals surface area contributed by atoms with E-state index in [2.05, 4.69) is 66.0 Å². The Kier molecular flexibility index (Phi) is 3.46. The Hall–Kier alpha value is -3.52. The van der Waals surface area contributed by atoms with E-state index in [1.165, 1.54) is 5.56 Å². The number of para-hydroxylation sites is 2. The van der Waals surface area contributed by atoms with Gasteiger partial charge in [-0.2, -0.15) is 0 Å². The average molecular weight is 335 g/mol. The maximum absolute atomic E-state index is 6.00. The van der Waals surface area contributed by atoms with Crippen molar-refractivity contribution in [2.24, 2.45) is 0 Å². The molecule has 4 aromatic carbocycles. The highest BCUT2D eigenvalue weighted by Gasteiger charge is 2.07. The van der Waals surface area contributed by atoms with E-state index in [-0.39, 0.29) is 0 Å². The highest BCUT2D eigenvalue weighted by atomic mass is 16.3. The minimum atomic E-state index is 0.926. The lowest BCUT2D eigenvalue weighted by molar-refractivity contribution is 0.669. The molecular weight excluding hydrogens is 318 g/mol. The number of hydrogen-bond donors (Lipinski definition) is 1. The van der Waals surface area contributed by atoms with Crippen molar-refractivity contribution < 1.29 is 4.42 Å². The summed E-state index contributed by atoms with van der Waals surface area (Å²) in [4.78, 5) is 0. The second-order valence-corrected chi connectivity index (χ2v) is 6.38. The van der Waals surface area contributed by atoms with Crippen molar-refractivity contribution in [3.63, 3.8) is 0 Å². The van der Waals surface area contributed by atoms with Crippen LogP contribution in [0.4, 0.5) is 11.4 Å². The second kappa shape index (κ2) is 6.08. The Morgan fingerprint density at radius 2 is 1.15 bits per heavy atom. The van der Waals surface area contributed by atoms with Crippen LogP contribution in [0.1, 0.15) is 0 Å². The summed E-state index contributed by atoms with van der Waals surface area (Å²) >= 11 is 0. The topological polar surface area (TPSA) is 25.2 Å². The first-order chi connectivity index (χ1) is 12.9.